The third kappa shape index (κ3) is 3.24. The molecule has 2 fully saturated rings. The highest BCUT2D eigenvalue weighted by atomic mass is 16.4. The summed E-state index contributed by atoms with van der Waals surface area (Å²) in [7, 11) is 0. The molecule has 0 aromatic heterocycles. The molecule has 0 atom stereocenters. The van der Waals surface area contributed by atoms with Crippen LogP contribution in [-0.4, -0.2) is 29.6 Å². The van der Waals surface area contributed by atoms with Crippen LogP contribution in [0.25, 0.3) is 0 Å². The summed E-state index contributed by atoms with van der Waals surface area (Å²) in [6.45, 7) is 0.671. The van der Waals surface area contributed by atoms with Crippen molar-refractivity contribution < 1.29 is 14.7 Å². The van der Waals surface area contributed by atoms with E-state index in [-0.39, 0.29) is 11.5 Å². The Balaban J connectivity index is 1.86. The molecule has 0 radical (unpaired) electrons. The molecule has 0 bridgehead atoms. The highest BCUT2D eigenvalue weighted by Gasteiger charge is 2.23. The number of carboxylic acids is 1. The predicted octanol–water partition coefficient (Wildman–Crippen LogP) is 3.26. The quantitative estimate of drug-likeness (QED) is 0.895. The number of nitrogens with zero attached hydrogens (tertiary/aromatic N) is 1. The molecule has 5 heteroatoms. The fourth-order valence-corrected chi connectivity index (χ4v) is 3.38. The Morgan fingerprint density at radius 2 is 1.91 bits per heavy atom. The summed E-state index contributed by atoms with van der Waals surface area (Å²) >= 11 is 0. The smallest absolute Gasteiger partial charge is 0.335 e. The van der Waals surface area contributed by atoms with Crippen molar-refractivity contribution in [3.63, 3.8) is 0 Å². The number of carbonyl (C=O) groups is 2. The Hall–Kier alpha value is -2.04. The number of hydrogen-bond acceptors (Lipinski definition) is 3. The fourth-order valence-electron chi connectivity index (χ4n) is 3.38. The third-order valence-electron chi connectivity index (χ3n) is 4.53. The lowest BCUT2D eigenvalue weighted by molar-refractivity contribution is -0.117. The van der Waals surface area contributed by atoms with Crippen LogP contribution in [-0.2, 0) is 4.79 Å². The number of nitrogens with one attached hydrogen (secondary N) is 1. The van der Waals surface area contributed by atoms with E-state index in [2.05, 4.69) is 5.32 Å². The van der Waals surface area contributed by atoms with Crippen LogP contribution in [0.2, 0.25) is 0 Å². The molecule has 1 saturated heterocycles. The standard InChI is InChI=1S/C17H22N2O3/c20-16-7-4-8-19(16)15-10-12(17(21)22)9-14(11-15)18-13-5-2-1-3-6-13/h9-11,13,18H,1-8H2,(H,21,22). The molecule has 2 N–H and O–H groups in total. The monoisotopic (exact) mass is 302 g/mol. The highest BCUT2D eigenvalue weighted by molar-refractivity contribution is 5.98. The van der Waals surface area contributed by atoms with E-state index < -0.39 is 5.97 Å². The second-order valence-electron chi connectivity index (χ2n) is 6.20. The zero-order chi connectivity index (χ0) is 15.5. The van der Waals surface area contributed by atoms with E-state index in [1.165, 1.54) is 19.3 Å². The molecule has 1 aromatic rings. The number of rotatable bonds is 4. The molecule has 1 heterocycles. The molecular weight excluding hydrogens is 280 g/mol. The Morgan fingerprint density at radius 3 is 2.55 bits per heavy atom. The van der Waals surface area contributed by atoms with Gasteiger partial charge in [-0.1, -0.05) is 19.3 Å². The Morgan fingerprint density at radius 1 is 1.14 bits per heavy atom. The lowest BCUT2D eigenvalue weighted by Crippen LogP contribution is -2.25. The summed E-state index contributed by atoms with van der Waals surface area (Å²) in [5.74, 6) is -0.883. The van der Waals surface area contributed by atoms with Crippen molar-refractivity contribution in [3.05, 3.63) is 23.8 Å². The van der Waals surface area contributed by atoms with Crippen LogP contribution in [0.5, 0.6) is 0 Å². The van der Waals surface area contributed by atoms with Gasteiger partial charge in [-0.3, -0.25) is 4.79 Å². The van der Waals surface area contributed by atoms with E-state index in [1.54, 1.807) is 17.0 Å². The van der Waals surface area contributed by atoms with Crippen LogP contribution in [0.1, 0.15) is 55.3 Å². The van der Waals surface area contributed by atoms with Crippen LogP contribution >= 0.6 is 0 Å². The first-order chi connectivity index (χ1) is 10.6. The van der Waals surface area contributed by atoms with Crippen LogP contribution in [0, 0.1) is 0 Å². The van der Waals surface area contributed by atoms with E-state index >= 15 is 0 Å². The van der Waals surface area contributed by atoms with Gasteiger partial charge in [-0.15, -0.1) is 0 Å². The minimum atomic E-state index is -0.958. The first-order valence-corrected chi connectivity index (χ1v) is 8.09. The van der Waals surface area contributed by atoms with E-state index in [4.69, 9.17) is 0 Å². The van der Waals surface area contributed by atoms with Gasteiger partial charge in [0.05, 0.1) is 5.56 Å². The van der Waals surface area contributed by atoms with Crippen molar-refractivity contribution in [1.29, 1.82) is 0 Å². The summed E-state index contributed by atoms with van der Waals surface area (Å²) in [5.41, 5.74) is 1.73. The Bertz CT molecular complexity index is 579. The number of amides is 1. The number of carbonyl (C=O) groups excluding carboxylic acids is 1. The summed E-state index contributed by atoms with van der Waals surface area (Å²) in [6, 6.07) is 5.57. The molecule has 2 aliphatic rings. The molecule has 1 amide bonds. The number of aromatic carboxylic acids is 1. The van der Waals surface area contributed by atoms with Gasteiger partial charge in [-0.05, 0) is 37.5 Å². The normalized spacial score (nSPS) is 19.5. The topological polar surface area (TPSA) is 69.6 Å². The van der Waals surface area contributed by atoms with Gasteiger partial charge in [0.1, 0.15) is 0 Å². The van der Waals surface area contributed by atoms with Crippen molar-refractivity contribution >= 4 is 23.3 Å². The molecule has 1 aliphatic carbocycles. The van der Waals surface area contributed by atoms with Crippen molar-refractivity contribution in [2.24, 2.45) is 0 Å². The van der Waals surface area contributed by atoms with E-state index in [0.29, 0.717) is 24.7 Å². The lowest BCUT2D eigenvalue weighted by atomic mass is 9.95. The maximum Gasteiger partial charge on any atom is 0.335 e. The van der Waals surface area contributed by atoms with Crippen molar-refractivity contribution in [2.45, 2.75) is 51.0 Å². The van der Waals surface area contributed by atoms with Gasteiger partial charge in [0, 0.05) is 30.4 Å². The van der Waals surface area contributed by atoms with Gasteiger partial charge in [0.2, 0.25) is 5.91 Å². The number of carboxylic acid groups (broad SMARTS) is 1. The minimum absolute atomic E-state index is 0.0751. The average Bonchev–Trinajstić information content (AvgIpc) is 2.94. The molecular formula is C17H22N2O3. The fraction of sp³-hybridized carbons (Fsp3) is 0.529. The molecule has 0 unspecified atom stereocenters. The zero-order valence-corrected chi connectivity index (χ0v) is 12.7. The molecule has 0 spiro atoms. The van der Waals surface area contributed by atoms with Crippen LogP contribution in [0.15, 0.2) is 18.2 Å². The second kappa shape index (κ2) is 6.38. The average molecular weight is 302 g/mol. The summed E-state index contributed by atoms with van der Waals surface area (Å²) in [6.07, 6.45) is 7.33. The molecule has 5 nitrogen and oxygen atoms in total. The number of benzene rings is 1. The summed E-state index contributed by atoms with van der Waals surface area (Å²) < 4.78 is 0. The molecule has 22 heavy (non-hydrogen) atoms. The Labute approximate surface area is 130 Å². The van der Waals surface area contributed by atoms with Crippen LogP contribution in [0.3, 0.4) is 0 Å². The molecule has 118 valence electrons. The maximum atomic E-state index is 11.9. The minimum Gasteiger partial charge on any atom is -0.478 e. The lowest BCUT2D eigenvalue weighted by Gasteiger charge is -2.25. The second-order valence-corrected chi connectivity index (χ2v) is 6.20. The van der Waals surface area contributed by atoms with Gasteiger partial charge >= 0.3 is 5.97 Å². The first kappa shape index (κ1) is 14.9. The number of anilines is 2. The first-order valence-electron chi connectivity index (χ1n) is 8.09. The van der Waals surface area contributed by atoms with Gasteiger partial charge < -0.3 is 15.3 Å². The van der Waals surface area contributed by atoms with Crippen molar-refractivity contribution in [1.82, 2.24) is 0 Å². The summed E-state index contributed by atoms with van der Waals surface area (Å²) in [4.78, 5) is 25.0. The van der Waals surface area contributed by atoms with E-state index in [9.17, 15) is 14.7 Å². The Kier molecular flexibility index (Phi) is 4.32. The van der Waals surface area contributed by atoms with Gasteiger partial charge in [0.15, 0.2) is 0 Å². The third-order valence-corrected chi connectivity index (χ3v) is 4.53. The number of hydrogen-bond donors (Lipinski definition) is 2. The predicted molar refractivity (Wildman–Crippen MR) is 85.5 cm³/mol. The van der Waals surface area contributed by atoms with Crippen LogP contribution < -0.4 is 10.2 Å². The molecule has 3 rings (SSSR count). The SMILES string of the molecule is O=C(O)c1cc(NC2CCCCC2)cc(N2CCCC2=O)c1. The van der Waals surface area contributed by atoms with E-state index in [0.717, 1.165) is 24.9 Å². The molecule has 1 saturated carbocycles. The van der Waals surface area contributed by atoms with Crippen molar-refractivity contribution in [2.75, 3.05) is 16.8 Å². The molecule has 1 aromatic carbocycles. The van der Waals surface area contributed by atoms with Crippen molar-refractivity contribution in [3.8, 4) is 0 Å². The van der Waals surface area contributed by atoms with Gasteiger partial charge in [-0.25, -0.2) is 4.79 Å². The van der Waals surface area contributed by atoms with Crippen LogP contribution in [0.4, 0.5) is 11.4 Å². The molecule has 1 aliphatic heterocycles. The summed E-state index contributed by atoms with van der Waals surface area (Å²) in [5, 5.41) is 12.8. The largest absolute Gasteiger partial charge is 0.478 e. The van der Waals surface area contributed by atoms with E-state index in [1.807, 2.05) is 6.07 Å². The van der Waals surface area contributed by atoms with Gasteiger partial charge in [-0.2, -0.15) is 0 Å². The highest BCUT2D eigenvalue weighted by Crippen LogP contribution is 2.28. The zero-order valence-electron chi connectivity index (χ0n) is 12.7. The van der Waals surface area contributed by atoms with Gasteiger partial charge in [0.25, 0.3) is 0 Å². The maximum absolute atomic E-state index is 11.9.